The quantitative estimate of drug-likeness (QED) is 0.678. The van der Waals surface area contributed by atoms with Gasteiger partial charge in [0.2, 0.25) is 0 Å². The first-order valence-corrected chi connectivity index (χ1v) is 6.65. The lowest BCUT2D eigenvalue weighted by Gasteiger charge is -2.10. The summed E-state index contributed by atoms with van der Waals surface area (Å²) in [5, 5.41) is 0.270. The van der Waals surface area contributed by atoms with E-state index in [9.17, 15) is 9.00 Å². The van der Waals surface area contributed by atoms with Crippen LogP contribution in [0.3, 0.4) is 0 Å². The summed E-state index contributed by atoms with van der Waals surface area (Å²) in [6, 6.07) is 3.12. The highest BCUT2D eigenvalue weighted by molar-refractivity contribution is 7.78. The second kappa shape index (κ2) is 6.14. The van der Waals surface area contributed by atoms with Gasteiger partial charge >= 0.3 is 5.97 Å². The summed E-state index contributed by atoms with van der Waals surface area (Å²) in [6.45, 7) is 3.69. The Labute approximate surface area is 107 Å². The van der Waals surface area contributed by atoms with E-state index in [1.807, 2.05) is 0 Å². The van der Waals surface area contributed by atoms with Crippen molar-refractivity contribution < 1.29 is 18.3 Å². The van der Waals surface area contributed by atoms with Gasteiger partial charge in [-0.2, -0.15) is 0 Å². The molecule has 0 aromatic heterocycles. The van der Waals surface area contributed by atoms with E-state index in [0.717, 1.165) is 0 Å². The smallest absolute Gasteiger partial charge is 0.339 e. The van der Waals surface area contributed by atoms with Gasteiger partial charge in [0.25, 0.3) is 0 Å². The van der Waals surface area contributed by atoms with Crippen LogP contribution in [0.25, 0.3) is 0 Å². The van der Waals surface area contributed by atoms with Crippen LogP contribution >= 0.6 is 11.6 Å². The third-order valence-electron chi connectivity index (χ3n) is 2.27. The van der Waals surface area contributed by atoms with Crippen LogP contribution in [-0.2, 0) is 21.6 Å². The molecule has 0 saturated carbocycles. The Morgan fingerprint density at radius 2 is 2.18 bits per heavy atom. The number of benzene rings is 1. The summed E-state index contributed by atoms with van der Waals surface area (Å²) in [6.07, 6.45) is 0. The molecule has 0 spiro atoms. The molecule has 0 radical (unpaired) electrons. The lowest BCUT2D eigenvalue weighted by molar-refractivity contribution is 0.0526. The number of hydrogen-bond acceptors (Lipinski definition) is 3. The van der Waals surface area contributed by atoms with Crippen molar-refractivity contribution in [2.45, 2.75) is 19.6 Å². The van der Waals surface area contributed by atoms with Crippen molar-refractivity contribution in [2.24, 2.45) is 0 Å². The molecule has 0 amide bonds. The molecule has 0 fully saturated rings. The Bertz CT molecular complexity index is 459. The third kappa shape index (κ3) is 3.52. The zero-order valence-electron chi connectivity index (χ0n) is 9.53. The average Bonchev–Trinajstić information content (AvgIpc) is 2.24. The van der Waals surface area contributed by atoms with Crippen molar-refractivity contribution in [3.8, 4) is 0 Å². The number of carbonyl (C=O) groups is 1. The van der Waals surface area contributed by atoms with Gasteiger partial charge in [0.05, 0.1) is 22.9 Å². The zero-order valence-corrected chi connectivity index (χ0v) is 11.1. The predicted molar refractivity (Wildman–Crippen MR) is 66.6 cm³/mol. The van der Waals surface area contributed by atoms with Crippen molar-refractivity contribution >= 4 is 28.7 Å². The maximum atomic E-state index is 11.5. The fourth-order valence-electron chi connectivity index (χ4n) is 1.38. The standard InChI is InChI=1S/C11H13ClO4S/c1-3-16-11(13)9-5-4-8(6-17(14)15)7(2)10(9)12/h4-5H,3,6H2,1-2H3,(H,14,15). The van der Waals surface area contributed by atoms with E-state index in [2.05, 4.69) is 0 Å². The Kier molecular flexibility index (Phi) is 5.11. The largest absolute Gasteiger partial charge is 0.462 e. The highest BCUT2D eigenvalue weighted by Gasteiger charge is 2.15. The Morgan fingerprint density at radius 3 is 2.71 bits per heavy atom. The number of hydrogen-bond donors (Lipinski definition) is 1. The molecule has 1 aromatic rings. The van der Waals surface area contributed by atoms with Crippen LogP contribution < -0.4 is 0 Å². The molecule has 1 rings (SSSR count). The number of carbonyl (C=O) groups excluding carboxylic acids is 1. The maximum Gasteiger partial charge on any atom is 0.339 e. The summed E-state index contributed by atoms with van der Waals surface area (Å²) >= 11 is 4.10. The van der Waals surface area contributed by atoms with Crippen LogP contribution in [0, 0.1) is 6.92 Å². The second-order valence-corrected chi connectivity index (χ2v) is 4.71. The molecule has 94 valence electrons. The molecular weight excluding hydrogens is 264 g/mol. The molecule has 0 aliphatic carbocycles. The van der Waals surface area contributed by atoms with Gasteiger partial charge in [-0.25, -0.2) is 9.00 Å². The summed E-state index contributed by atoms with van der Waals surface area (Å²) in [5.74, 6) is -0.494. The topological polar surface area (TPSA) is 63.6 Å². The third-order valence-corrected chi connectivity index (χ3v) is 3.32. The molecule has 6 heteroatoms. The molecule has 1 unspecified atom stereocenters. The van der Waals surface area contributed by atoms with E-state index < -0.39 is 17.0 Å². The Balaban J connectivity index is 3.10. The molecule has 1 N–H and O–H groups in total. The summed E-state index contributed by atoms with van der Waals surface area (Å²) in [5.41, 5.74) is 1.54. The molecular formula is C11H13ClO4S. The molecule has 0 aliphatic rings. The minimum Gasteiger partial charge on any atom is -0.462 e. The molecule has 0 aliphatic heterocycles. The Morgan fingerprint density at radius 1 is 1.53 bits per heavy atom. The molecule has 1 atom stereocenters. The van der Waals surface area contributed by atoms with Crippen molar-refractivity contribution in [3.63, 3.8) is 0 Å². The highest BCUT2D eigenvalue weighted by Crippen LogP contribution is 2.25. The number of ether oxygens (including phenoxy) is 1. The van der Waals surface area contributed by atoms with E-state index in [-0.39, 0.29) is 22.9 Å². The minimum absolute atomic E-state index is 0.00530. The monoisotopic (exact) mass is 276 g/mol. The van der Waals surface area contributed by atoms with Crippen LogP contribution in [0.5, 0.6) is 0 Å². The number of halogens is 1. The summed E-state index contributed by atoms with van der Waals surface area (Å²) in [4.78, 5) is 11.5. The number of rotatable bonds is 4. The average molecular weight is 277 g/mol. The Hall–Kier alpha value is -0.910. The SMILES string of the molecule is CCOC(=O)c1ccc(CS(=O)O)c(C)c1Cl. The van der Waals surface area contributed by atoms with Crippen LogP contribution in [-0.4, -0.2) is 21.3 Å². The maximum absolute atomic E-state index is 11.5. The van der Waals surface area contributed by atoms with Gasteiger partial charge in [-0.15, -0.1) is 0 Å². The van der Waals surface area contributed by atoms with E-state index in [4.69, 9.17) is 20.9 Å². The highest BCUT2D eigenvalue weighted by atomic mass is 35.5. The summed E-state index contributed by atoms with van der Waals surface area (Å²) < 4.78 is 24.4. The van der Waals surface area contributed by atoms with Crippen molar-refractivity contribution in [1.82, 2.24) is 0 Å². The molecule has 0 bridgehead atoms. The first-order valence-electron chi connectivity index (χ1n) is 5.00. The minimum atomic E-state index is -1.93. The molecule has 0 saturated heterocycles. The van der Waals surface area contributed by atoms with Gasteiger partial charge in [-0.3, -0.25) is 0 Å². The van der Waals surface area contributed by atoms with Crippen LogP contribution in [0.15, 0.2) is 12.1 Å². The summed E-state index contributed by atoms with van der Waals surface area (Å²) in [7, 11) is 0. The van der Waals surface area contributed by atoms with Crippen molar-refractivity contribution in [2.75, 3.05) is 6.61 Å². The lowest BCUT2D eigenvalue weighted by Crippen LogP contribution is -2.07. The van der Waals surface area contributed by atoms with Gasteiger partial charge in [-0.05, 0) is 31.0 Å². The first kappa shape index (κ1) is 14.2. The number of esters is 1. The second-order valence-electron chi connectivity index (χ2n) is 3.40. The van der Waals surface area contributed by atoms with Crippen molar-refractivity contribution in [3.05, 3.63) is 33.8 Å². The van der Waals surface area contributed by atoms with Crippen LogP contribution in [0.4, 0.5) is 0 Å². The van der Waals surface area contributed by atoms with E-state index >= 15 is 0 Å². The van der Waals surface area contributed by atoms with Gasteiger partial charge in [0.1, 0.15) is 0 Å². The fraction of sp³-hybridized carbons (Fsp3) is 0.364. The molecule has 17 heavy (non-hydrogen) atoms. The molecule has 4 nitrogen and oxygen atoms in total. The van der Waals surface area contributed by atoms with Gasteiger partial charge < -0.3 is 9.29 Å². The van der Waals surface area contributed by atoms with Gasteiger partial charge in [0, 0.05) is 0 Å². The first-order chi connectivity index (χ1) is 7.97. The zero-order chi connectivity index (χ0) is 13.0. The van der Waals surface area contributed by atoms with Gasteiger partial charge in [-0.1, -0.05) is 17.7 Å². The predicted octanol–water partition coefficient (Wildman–Crippen LogP) is 2.55. The van der Waals surface area contributed by atoms with Crippen LogP contribution in [0.2, 0.25) is 5.02 Å². The van der Waals surface area contributed by atoms with E-state index in [1.165, 1.54) is 6.07 Å². The van der Waals surface area contributed by atoms with Crippen molar-refractivity contribution in [1.29, 1.82) is 0 Å². The van der Waals surface area contributed by atoms with E-state index in [1.54, 1.807) is 19.9 Å². The van der Waals surface area contributed by atoms with E-state index in [0.29, 0.717) is 11.1 Å². The normalized spacial score (nSPS) is 12.2. The molecule has 1 aromatic carbocycles. The lowest BCUT2D eigenvalue weighted by atomic mass is 10.1. The fourth-order valence-corrected chi connectivity index (χ4v) is 2.22. The van der Waals surface area contributed by atoms with Gasteiger partial charge in [0.15, 0.2) is 11.1 Å². The van der Waals surface area contributed by atoms with Crippen LogP contribution in [0.1, 0.15) is 28.4 Å². The molecule has 0 heterocycles.